The molecular weight excluding hydrogens is 378 g/mol. The monoisotopic (exact) mass is 397 g/mol. The number of halogens is 1. The van der Waals surface area contributed by atoms with Crippen molar-refractivity contribution in [2.45, 2.75) is 32.7 Å². The second-order valence-electron chi connectivity index (χ2n) is 6.73. The zero-order chi connectivity index (χ0) is 20.3. The number of amides is 1. The van der Waals surface area contributed by atoms with Crippen LogP contribution in [-0.2, 0) is 14.3 Å². The van der Waals surface area contributed by atoms with Gasteiger partial charge in [0, 0.05) is 28.1 Å². The van der Waals surface area contributed by atoms with Gasteiger partial charge in [-0.1, -0.05) is 11.6 Å². The molecule has 1 aliphatic carbocycles. The maximum absolute atomic E-state index is 12.2. The molecule has 6 nitrogen and oxygen atoms in total. The summed E-state index contributed by atoms with van der Waals surface area (Å²) in [5, 5.41) is 12.5. The van der Waals surface area contributed by atoms with Crippen LogP contribution in [-0.4, -0.2) is 23.1 Å². The minimum atomic E-state index is -0.829. The Morgan fingerprint density at radius 2 is 2.00 bits per heavy atom. The number of aryl methyl sites for hydroxylation is 1. The highest BCUT2D eigenvalue weighted by molar-refractivity contribution is 6.30. The van der Waals surface area contributed by atoms with E-state index >= 15 is 0 Å². The lowest BCUT2D eigenvalue weighted by molar-refractivity contribution is -0.142. The van der Waals surface area contributed by atoms with Crippen molar-refractivity contribution in [1.29, 1.82) is 5.26 Å². The number of anilines is 1. The Labute approximate surface area is 168 Å². The summed E-state index contributed by atoms with van der Waals surface area (Å²) in [4.78, 5) is 24.1. The van der Waals surface area contributed by atoms with Gasteiger partial charge in [-0.2, -0.15) is 5.26 Å². The van der Waals surface area contributed by atoms with Gasteiger partial charge in [-0.15, -0.1) is 0 Å². The third-order valence-corrected chi connectivity index (χ3v) is 4.79. The SMILES string of the molecule is Cc1cc(/C=C(\C#N)C(=O)OCC(=O)Nc2ccc(Cl)cc2)c(C)n1C1CC1. The van der Waals surface area contributed by atoms with Gasteiger partial charge in [0.15, 0.2) is 6.61 Å². The summed E-state index contributed by atoms with van der Waals surface area (Å²) in [6, 6.07) is 10.9. The molecule has 0 aliphatic heterocycles. The van der Waals surface area contributed by atoms with Crippen molar-refractivity contribution in [2.24, 2.45) is 0 Å². The smallest absolute Gasteiger partial charge is 0.349 e. The fourth-order valence-electron chi connectivity index (χ4n) is 3.07. The number of nitrogens with one attached hydrogen (secondary N) is 1. The van der Waals surface area contributed by atoms with Crippen LogP contribution in [0.3, 0.4) is 0 Å². The maximum atomic E-state index is 12.2. The first kappa shape index (κ1) is 19.7. The first-order chi connectivity index (χ1) is 13.4. The second-order valence-corrected chi connectivity index (χ2v) is 7.17. The molecule has 1 amide bonds. The number of esters is 1. The third kappa shape index (κ3) is 4.62. The molecule has 3 rings (SSSR count). The van der Waals surface area contributed by atoms with Gasteiger partial charge >= 0.3 is 5.97 Å². The lowest BCUT2D eigenvalue weighted by Crippen LogP contribution is -2.21. The number of carbonyl (C=O) groups excluding carboxylic acids is 2. The number of nitriles is 1. The number of hydrogen-bond acceptors (Lipinski definition) is 4. The molecule has 1 saturated carbocycles. The van der Waals surface area contributed by atoms with Gasteiger partial charge in [0.25, 0.3) is 5.91 Å². The molecule has 0 atom stereocenters. The van der Waals surface area contributed by atoms with Gasteiger partial charge < -0.3 is 14.6 Å². The van der Waals surface area contributed by atoms with Gasteiger partial charge in [-0.3, -0.25) is 4.79 Å². The molecule has 0 saturated heterocycles. The van der Waals surface area contributed by atoms with E-state index < -0.39 is 18.5 Å². The number of carbonyl (C=O) groups is 2. The molecule has 28 heavy (non-hydrogen) atoms. The number of rotatable bonds is 6. The molecule has 1 N–H and O–H groups in total. The van der Waals surface area contributed by atoms with E-state index in [4.69, 9.17) is 16.3 Å². The fourth-order valence-corrected chi connectivity index (χ4v) is 3.20. The average molecular weight is 398 g/mol. The fraction of sp³-hybridized carbons (Fsp3) is 0.286. The first-order valence-electron chi connectivity index (χ1n) is 8.92. The highest BCUT2D eigenvalue weighted by Gasteiger charge is 2.27. The molecular formula is C21H20ClN3O3. The largest absolute Gasteiger partial charge is 0.451 e. The van der Waals surface area contributed by atoms with E-state index in [0.717, 1.165) is 29.8 Å². The van der Waals surface area contributed by atoms with Gasteiger partial charge in [-0.05, 0) is 68.7 Å². The van der Waals surface area contributed by atoms with Gasteiger partial charge in [0.1, 0.15) is 11.6 Å². The van der Waals surface area contributed by atoms with Gasteiger partial charge in [-0.25, -0.2) is 4.79 Å². The molecule has 0 radical (unpaired) electrons. The Bertz CT molecular complexity index is 980. The Kier molecular flexibility index (Phi) is 5.86. The Hall–Kier alpha value is -3.04. The molecule has 1 fully saturated rings. The number of benzene rings is 1. The van der Waals surface area contributed by atoms with Crippen LogP contribution in [0.15, 0.2) is 35.9 Å². The quantitative estimate of drug-likeness (QED) is 0.450. The summed E-state index contributed by atoms with van der Waals surface area (Å²) >= 11 is 5.79. The topological polar surface area (TPSA) is 84.1 Å². The van der Waals surface area contributed by atoms with Gasteiger partial charge in [0.2, 0.25) is 0 Å². The summed E-state index contributed by atoms with van der Waals surface area (Å²) in [6.07, 6.45) is 3.81. The van der Waals surface area contributed by atoms with Crippen molar-refractivity contribution in [1.82, 2.24) is 4.57 Å². The van der Waals surface area contributed by atoms with Crippen molar-refractivity contribution in [3.63, 3.8) is 0 Å². The first-order valence-corrected chi connectivity index (χ1v) is 9.29. The normalized spacial score (nSPS) is 13.7. The molecule has 1 aliphatic rings. The van der Waals surface area contributed by atoms with Crippen molar-refractivity contribution >= 4 is 35.2 Å². The van der Waals surface area contributed by atoms with E-state index in [1.165, 1.54) is 6.08 Å². The molecule has 0 unspecified atom stereocenters. The van der Waals surface area contributed by atoms with Crippen LogP contribution in [0.4, 0.5) is 5.69 Å². The summed E-state index contributed by atoms with van der Waals surface area (Å²) in [5.74, 6) is -1.33. The van der Waals surface area contributed by atoms with Crippen LogP contribution < -0.4 is 5.32 Å². The lowest BCUT2D eigenvalue weighted by atomic mass is 10.1. The predicted octanol–water partition coefficient (Wildman–Crippen LogP) is 4.18. The molecule has 1 aromatic carbocycles. The molecule has 7 heteroatoms. The lowest BCUT2D eigenvalue weighted by Gasteiger charge is -2.07. The van der Waals surface area contributed by atoms with E-state index in [-0.39, 0.29) is 5.57 Å². The van der Waals surface area contributed by atoms with Crippen LogP contribution in [0.2, 0.25) is 5.02 Å². The summed E-state index contributed by atoms with van der Waals surface area (Å²) in [6.45, 7) is 3.49. The van der Waals surface area contributed by atoms with Crippen molar-refractivity contribution < 1.29 is 14.3 Å². The summed E-state index contributed by atoms with van der Waals surface area (Å²) < 4.78 is 7.21. The van der Waals surface area contributed by atoms with E-state index in [0.29, 0.717) is 16.8 Å². The van der Waals surface area contributed by atoms with Crippen LogP contribution in [0.25, 0.3) is 6.08 Å². The highest BCUT2D eigenvalue weighted by Crippen LogP contribution is 2.38. The van der Waals surface area contributed by atoms with Crippen molar-refractivity contribution in [2.75, 3.05) is 11.9 Å². The summed E-state index contributed by atoms with van der Waals surface area (Å²) in [7, 11) is 0. The summed E-state index contributed by atoms with van der Waals surface area (Å²) in [5.41, 5.74) is 3.31. The van der Waals surface area contributed by atoms with Crippen molar-refractivity contribution in [3.05, 3.63) is 57.9 Å². The third-order valence-electron chi connectivity index (χ3n) is 4.54. The number of hydrogen-bond donors (Lipinski definition) is 1. The highest BCUT2D eigenvalue weighted by atomic mass is 35.5. The minimum absolute atomic E-state index is 0.143. The molecule has 2 aromatic rings. The number of ether oxygens (including phenoxy) is 1. The Morgan fingerprint density at radius 3 is 2.61 bits per heavy atom. The van der Waals surface area contributed by atoms with E-state index in [1.54, 1.807) is 24.3 Å². The average Bonchev–Trinajstić information content (AvgIpc) is 3.45. The van der Waals surface area contributed by atoms with E-state index in [9.17, 15) is 14.9 Å². The Morgan fingerprint density at radius 1 is 1.32 bits per heavy atom. The van der Waals surface area contributed by atoms with Crippen LogP contribution >= 0.6 is 11.6 Å². The van der Waals surface area contributed by atoms with Crippen LogP contribution in [0, 0.1) is 25.2 Å². The van der Waals surface area contributed by atoms with Crippen LogP contribution in [0.1, 0.15) is 35.8 Å². The zero-order valence-corrected chi connectivity index (χ0v) is 16.4. The molecule has 1 heterocycles. The van der Waals surface area contributed by atoms with Gasteiger partial charge in [0.05, 0.1) is 0 Å². The maximum Gasteiger partial charge on any atom is 0.349 e. The van der Waals surface area contributed by atoms with E-state index in [1.807, 2.05) is 26.0 Å². The predicted molar refractivity (Wildman–Crippen MR) is 107 cm³/mol. The standard InChI is InChI=1S/C21H20ClN3O3/c1-13-9-15(14(2)25(13)19-7-8-19)10-16(11-23)21(27)28-12-20(26)24-18-5-3-17(22)4-6-18/h3-6,9-10,19H,7-8,12H2,1-2H3,(H,24,26)/b16-10+. The van der Waals surface area contributed by atoms with Crippen molar-refractivity contribution in [3.8, 4) is 6.07 Å². The molecule has 144 valence electrons. The van der Waals surface area contributed by atoms with Crippen LogP contribution in [0.5, 0.6) is 0 Å². The molecule has 0 spiro atoms. The second kappa shape index (κ2) is 8.32. The minimum Gasteiger partial charge on any atom is -0.451 e. The zero-order valence-electron chi connectivity index (χ0n) is 15.7. The number of aromatic nitrogens is 1. The molecule has 0 bridgehead atoms. The molecule has 1 aromatic heterocycles. The Balaban J connectivity index is 1.63. The van der Waals surface area contributed by atoms with E-state index in [2.05, 4.69) is 9.88 Å². The number of nitrogens with zero attached hydrogens (tertiary/aromatic N) is 2.